The number of carbonyl (C=O) groups excluding carboxylic acids is 2. The molecule has 20 heavy (non-hydrogen) atoms. The number of fused-ring (bicyclic) bond motifs is 1. The van der Waals surface area contributed by atoms with E-state index in [4.69, 9.17) is 0 Å². The third-order valence-electron chi connectivity index (χ3n) is 3.25. The van der Waals surface area contributed by atoms with Crippen molar-refractivity contribution < 1.29 is 27.9 Å². The molecule has 1 heterocycles. The van der Waals surface area contributed by atoms with Crippen LogP contribution in [0.15, 0.2) is 12.1 Å². The van der Waals surface area contributed by atoms with Crippen LogP contribution in [0, 0.1) is 6.92 Å². The number of hydrogen-bond acceptors (Lipinski definition) is 3. The summed E-state index contributed by atoms with van der Waals surface area (Å²) in [5.74, 6) is -0.361. The van der Waals surface area contributed by atoms with Crippen LogP contribution >= 0.6 is 0 Å². The van der Waals surface area contributed by atoms with Crippen LogP contribution in [0.1, 0.15) is 34.3 Å². The predicted octanol–water partition coefficient (Wildman–Crippen LogP) is 2.14. The lowest BCUT2D eigenvalue weighted by atomic mass is 9.99. The van der Waals surface area contributed by atoms with Crippen LogP contribution in [-0.4, -0.2) is 18.4 Å². The number of amides is 1. The lowest BCUT2D eigenvalue weighted by molar-refractivity contribution is -0.246. The van der Waals surface area contributed by atoms with E-state index in [1.165, 1.54) is 6.92 Å². The summed E-state index contributed by atoms with van der Waals surface area (Å²) in [5, 5.41) is 11.0. The van der Waals surface area contributed by atoms with E-state index in [2.05, 4.69) is 0 Å². The van der Waals surface area contributed by atoms with Gasteiger partial charge in [-0.2, -0.15) is 13.2 Å². The van der Waals surface area contributed by atoms with Gasteiger partial charge in [0.05, 0.1) is 11.3 Å². The van der Waals surface area contributed by atoms with Crippen molar-refractivity contribution in [3.63, 3.8) is 0 Å². The molecule has 0 bridgehead atoms. The highest BCUT2D eigenvalue weighted by Gasteiger charge is 2.35. The fourth-order valence-electron chi connectivity index (χ4n) is 2.29. The molecule has 1 aliphatic heterocycles. The highest BCUT2D eigenvalue weighted by Crippen LogP contribution is 2.37. The van der Waals surface area contributed by atoms with Crippen molar-refractivity contribution in [3.8, 4) is 0 Å². The molecule has 0 saturated carbocycles. The van der Waals surface area contributed by atoms with Crippen LogP contribution in [0.4, 0.5) is 23.7 Å². The number of anilines is 1. The Labute approximate surface area is 112 Å². The molecule has 0 N–H and O–H groups in total. The quantitative estimate of drug-likeness (QED) is 0.734. The first-order chi connectivity index (χ1) is 9.21. The average Bonchev–Trinajstić information content (AvgIpc) is 2.47. The van der Waals surface area contributed by atoms with Gasteiger partial charge in [-0.25, -0.2) is 0 Å². The van der Waals surface area contributed by atoms with Gasteiger partial charge in [-0.3, -0.25) is 4.79 Å². The third-order valence-corrected chi connectivity index (χ3v) is 3.25. The summed E-state index contributed by atoms with van der Waals surface area (Å²) in [4.78, 5) is 23.6. The zero-order chi connectivity index (χ0) is 15.1. The number of alkyl halides is 3. The standard InChI is InChI=1S/C13H12F3NO3/c1-7-5-8-10(6-9(7)13(14,15)16)17(12(19)20)4-2-3-11(8)18/h5-6H,2-4H2,1H3,(H,19,20)/p-1. The van der Waals surface area contributed by atoms with E-state index in [-0.39, 0.29) is 42.0 Å². The Bertz CT molecular complexity index is 581. The van der Waals surface area contributed by atoms with Gasteiger partial charge >= 0.3 is 6.18 Å². The van der Waals surface area contributed by atoms with Crippen molar-refractivity contribution in [1.82, 2.24) is 0 Å². The molecule has 1 aromatic carbocycles. The number of aryl methyl sites for hydroxylation is 1. The Morgan fingerprint density at radius 2 is 2.00 bits per heavy atom. The van der Waals surface area contributed by atoms with Crippen LogP contribution in [-0.2, 0) is 6.18 Å². The van der Waals surface area contributed by atoms with Crippen molar-refractivity contribution in [2.45, 2.75) is 25.9 Å². The van der Waals surface area contributed by atoms with Gasteiger partial charge in [0, 0.05) is 18.5 Å². The number of Topliss-reactive ketones (excluding diaryl/α,β-unsaturated/α-hetero) is 1. The van der Waals surface area contributed by atoms with E-state index >= 15 is 0 Å². The van der Waals surface area contributed by atoms with Crippen LogP contribution in [0.3, 0.4) is 0 Å². The summed E-state index contributed by atoms with van der Waals surface area (Å²) in [5.41, 5.74) is -1.30. The average molecular weight is 286 g/mol. The second kappa shape index (κ2) is 4.81. The number of carbonyl (C=O) groups is 2. The molecule has 0 aromatic heterocycles. The van der Waals surface area contributed by atoms with E-state index in [9.17, 15) is 27.9 Å². The van der Waals surface area contributed by atoms with Gasteiger partial charge in [-0.15, -0.1) is 0 Å². The second-order valence-corrected chi connectivity index (χ2v) is 4.63. The molecule has 108 valence electrons. The van der Waals surface area contributed by atoms with Crippen molar-refractivity contribution in [3.05, 3.63) is 28.8 Å². The predicted molar refractivity (Wildman–Crippen MR) is 62.5 cm³/mol. The largest absolute Gasteiger partial charge is 0.530 e. The highest BCUT2D eigenvalue weighted by molar-refractivity contribution is 6.05. The molecule has 7 heteroatoms. The first-order valence-corrected chi connectivity index (χ1v) is 5.95. The van der Waals surface area contributed by atoms with Gasteiger partial charge in [-0.1, -0.05) is 0 Å². The summed E-state index contributed by atoms with van der Waals surface area (Å²) < 4.78 is 38.6. The zero-order valence-electron chi connectivity index (χ0n) is 10.6. The Morgan fingerprint density at radius 3 is 2.55 bits per heavy atom. The van der Waals surface area contributed by atoms with Gasteiger partial charge < -0.3 is 14.8 Å². The van der Waals surface area contributed by atoms with Crippen molar-refractivity contribution in [2.24, 2.45) is 0 Å². The van der Waals surface area contributed by atoms with Gasteiger partial charge in [0.1, 0.15) is 6.09 Å². The first kappa shape index (κ1) is 14.4. The second-order valence-electron chi connectivity index (χ2n) is 4.63. The van der Waals surface area contributed by atoms with Crippen LogP contribution in [0.25, 0.3) is 0 Å². The molecule has 2 rings (SSSR count). The molecular weight excluding hydrogens is 275 g/mol. The van der Waals surface area contributed by atoms with Gasteiger partial charge in [0.15, 0.2) is 5.78 Å². The minimum absolute atomic E-state index is 0.00259. The summed E-state index contributed by atoms with van der Waals surface area (Å²) >= 11 is 0. The summed E-state index contributed by atoms with van der Waals surface area (Å²) in [6.45, 7) is 1.19. The SMILES string of the molecule is Cc1cc2c(cc1C(F)(F)F)N(C(=O)[O-])CCCC2=O. The van der Waals surface area contributed by atoms with Gasteiger partial charge in [0.2, 0.25) is 0 Å². The molecule has 0 atom stereocenters. The fraction of sp³-hybridized carbons (Fsp3) is 0.385. The molecular formula is C13H11F3NO3-. The lowest BCUT2D eigenvalue weighted by Crippen LogP contribution is -2.42. The Morgan fingerprint density at radius 1 is 1.35 bits per heavy atom. The van der Waals surface area contributed by atoms with E-state index in [0.717, 1.165) is 6.07 Å². The topological polar surface area (TPSA) is 60.4 Å². The number of carboxylic acid groups (broad SMARTS) is 1. The van der Waals surface area contributed by atoms with Crippen molar-refractivity contribution >= 4 is 17.6 Å². The number of halogens is 3. The minimum Gasteiger partial charge on any atom is -0.530 e. The molecule has 0 aliphatic carbocycles. The Hall–Kier alpha value is -2.05. The summed E-state index contributed by atoms with van der Waals surface area (Å²) in [6, 6.07) is 1.81. The maximum absolute atomic E-state index is 12.9. The van der Waals surface area contributed by atoms with Crippen LogP contribution in [0.5, 0.6) is 0 Å². The van der Waals surface area contributed by atoms with Crippen LogP contribution in [0.2, 0.25) is 0 Å². The third kappa shape index (κ3) is 2.48. The molecule has 0 unspecified atom stereocenters. The number of benzene rings is 1. The van der Waals surface area contributed by atoms with E-state index < -0.39 is 17.8 Å². The van der Waals surface area contributed by atoms with Gasteiger partial charge in [-0.05, 0) is 31.0 Å². The maximum atomic E-state index is 12.9. The molecule has 0 radical (unpaired) electrons. The molecule has 1 amide bonds. The van der Waals surface area contributed by atoms with Crippen molar-refractivity contribution in [1.29, 1.82) is 0 Å². The number of hydrogen-bond donors (Lipinski definition) is 0. The Kier molecular flexibility index (Phi) is 3.45. The number of nitrogens with zero attached hydrogens (tertiary/aromatic N) is 1. The number of ketones is 1. The fourth-order valence-corrected chi connectivity index (χ4v) is 2.29. The Balaban J connectivity index is 2.68. The summed E-state index contributed by atoms with van der Waals surface area (Å²) in [7, 11) is 0. The first-order valence-electron chi connectivity index (χ1n) is 5.95. The molecule has 4 nitrogen and oxygen atoms in total. The van der Waals surface area contributed by atoms with E-state index in [1.54, 1.807) is 0 Å². The molecule has 0 fully saturated rings. The van der Waals surface area contributed by atoms with E-state index in [1.807, 2.05) is 0 Å². The molecule has 1 aliphatic rings. The molecule has 0 spiro atoms. The zero-order valence-corrected chi connectivity index (χ0v) is 10.6. The molecule has 1 aromatic rings. The lowest BCUT2D eigenvalue weighted by Gasteiger charge is -2.26. The molecule has 0 saturated heterocycles. The maximum Gasteiger partial charge on any atom is 0.416 e. The van der Waals surface area contributed by atoms with Crippen molar-refractivity contribution in [2.75, 3.05) is 11.4 Å². The normalized spacial score (nSPS) is 15.8. The monoisotopic (exact) mass is 286 g/mol. The summed E-state index contributed by atoms with van der Waals surface area (Å²) in [6.07, 6.45) is -5.87. The number of rotatable bonds is 0. The minimum atomic E-state index is -4.61. The highest BCUT2D eigenvalue weighted by atomic mass is 19.4. The van der Waals surface area contributed by atoms with Crippen LogP contribution < -0.4 is 10.0 Å². The van der Waals surface area contributed by atoms with E-state index in [0.29, 0.717) is 11.0 Å². The smallest absolute Gasteiger partial charge is 0.416 e. The van der Waals surface area contributed by atoms with Gasteiger partial charge in [0.25, 0.3) is 0 Å².